The first kappa shape index (κ1) is 6.80. The summed E-state index contributed by atoms with van der Waals surface area (Å²) in [5.41, 5.74) is 0. The van der Waals surface area contributed by atoms with E-state index in [4.69, 9.17) is 0 Å². The van der Waals surface area contributed by atoms with Gasteiger partial charge in [0, 0.05) is 0 Å². The molecule has 0 aliphatic heterocycles. The summed E-state index contributed by atoms with van der Waals surface area (Å²) in [5, 5.41) is 0. The maximum absolute atomic E-state index is 12.1. The van der Waals surface area contributed by atoms with E-state index in [1.165, 1.54) is 0 Å². The largest absolute Gasteiger partial charge is 0.282 e. The van der Waals surface area contributed by atoms with Crippen LogP contribution < -0.4 is 0 Å². The first-order chi connectivity index (χ1) is 4.63. The standard InChI is InChI=1S/C6H2F2O2/c7-3-1-2-4(8)6(10)5(3)9/h1-2H. The number of carbonyl (C=O) groups is 2. The van der Waals surface area contributed by atoms with Gasteiger partial charge in [0.1, 0.15) is 0 Å². The molecular formula is C6H2F2O2. The molecule has 10 heavy (non-hydrogen) atoms. The zero-order valence-corrected chi connectivity index (χ0v) is 4.73. The van der Waals surface area contributed by atoms with Crippen LogP contribution in [0.5, 0.6) is 0 Å². The lowest BCUT2D eigenvalue weighted by molar-refractivity contribution is -0.133. The number of halogens is 2. The number of ketones is 2. The fourth-order valence-electron chi connectivity index (χ4n) is 0.515. The van der Waals surface area contributed by atoms with Crippen molar-refractivity contribution < 1.29 is 18.4 Å². The van der Waals surface area contributed by atoms with Crippen molar-refractivity contribution in [2.24, 2.45) is 0 Å². The van der Waals surface area contributed by atoms with Crippen molar-refractivity contribution in [1.82, 2.24) is 0 Å². The number of carbonyl (C=O) groups excluding carboxylic acids is 2. The van der Waals surface area contributed by atoms with Crippen molar-refractivity contribution in [1.29, 1.82) is 0 Å². The molecule has 0 spiro atoms. The van der Waals surface area contributed by atoms with E-state index < -0.39 is 23.2 Å². The SMILES string of the molecule is O=C1C(=O)C(F)=CC=C1F. The maximum atomic E-state index is 12.1. The van der Waals surface area contributed by atoms with Crippen molar-refractivity contribution in [3.8, 4) is 0 Å². The third-order valence-corrected chi connectivity index (χ3v) is 1.02. The summed E-state index contributed by atoms with van der Waals surface area (Å²) in [6.45, 7) is 0. The van der Waals surface area contributed by atoms with Crippen LogP contribution in [0.2, 0.25) is 0 Å². The third kappa shape index (κ3) is 0.877. The maximum Gasteiger partial charge on any atom is 0.264 e. The van der Waals surface area contributed by atoms with E-state index in [0.717, 1.165) is 0 Å². The summed E-state index contributed by atoms with van der Waals surface area (Å²) in [4.78, 5) is 20.5. The molecule has 2 nitrogen and oxygen atoms in total. The molecule has 0 heterocycles. The quantitative estimate of drug-likeness (QED) is 0.373. The van der Waals surface area contributed by atoms with E-state index in [2.05, 4.69) is 0 Å². The number of Topliss-reactive ketones (excluding diaryl/α,β-unsaturated/α-hetero) is 2. The minimum absolute atomic E-state index is 0.624. The Morgan fingerprint density at radius 1 is 0.900 bits per heavy atom. The first-order valence-electron chi connectivity index (χ1n) is 2.45. The number of rotatable bonds is 0. The van der Waals surface area contributed by atoms with Crippen LogP contribution in [0.4, 0.5) is 8.78 Å². The number of hydrogen-bond donors (Lipinski definition) is 0. The Morgan fingerprint density at radius 3 is 1.50 bits per heavy atom. The van der Waals surface area contributed by atoms with Gasteiger partial charge in [-0.3, -0.25) is 9.59 Å². The molecule has 0 aromatic heterocycles. The third-order valence-electron chi connectivity index (χ3n) is 1.02. The smallest absolute Gasteiger partial charge is 0.264 e. The molecule has 0 unspecified atom stereocenters. The lowest BCUT2D eigenvalue weighted by Gasteiger charge is -1.97. The molecule has 1 rings (SSSR count). The normalized spacial score (nSPS) is 18.6. The molecule has 1 aliphatic rings. The second-order valence-corrected chi connectivity index (χ2v) is 1.69. The fourth-order valence-corrected chi connectivity index (χ4v) is 0.515. The molecule has 52 valence electrons. The molecule has 0 atom stereocenters. The van der Waals surface area contributed by atoms with Crippen LogP contribution >= 0.6 is 0 Å². The molecule has 0 N–H and O–H groups in total. The zero-order valence-electron chi connectivity index (χ0n) is 4.73. The van der Waals surface area contributed by atoms with E-state index >= 15 is 0 Å². The Bertz CT molecular complexity index is 227. The Kier molecular flexibility index (Phi) is 1.45. The van der Waals surface area contributed by atoms with Crippen LogP contribution in [-0.4, -0.2) is 11.6 Å². The minimum atomic E-state index is -1.42. The van der Waals surface area contributed by atoms with Crippen LogP contribution in [0.25, 0.3) is 0 Å². The highest BCUT2D eigenvalue weighted by molar-refractivity contribution is 6.48. The summed E-state index contributed by atoms with van der Waals surface area (Å²) in [6, 6.07) is 0. The van der Waals surface area contributed by atoms with Gasteiger partial charge in [0.25, 0.3) is 11.6 Å². The molecule has 0 aromatic carbocycles. The van der Waals surface area contributed by atoms with Crippen LogP contribution in [0.15, 0.2) is 23.8 Å². The predicted octanol–water partition coefficient (Wildman–Crippen LogP) is 0.845. The summed E-state index contributed by atoms with van der Waals surface area (Å²) >= 11 is 0. The van der Waals surface area contributed by atoms with Gasteiger partial charge in [0.15, 0.2) is 11.7 Å². The average molecular weight is 144 g/mol. The number of hydrogen-bond acceptors (Lipinski definition) is 2. The molecular weight excluding hydrogens is 142 g/mol. The van der Waals surface area contributed by atoms with Crippen molar-refractivity contribution in [2.45, 2.75) is 0 Å². The summed E-state index contributed by atoms with van der Waals surface area (Å²) < 4.78 is 24.2. The van der Waals surface area contributed by atoms with E-state index in [1.54, 1.807) is 0 Å². The monoisotopic (exact) mass is 144 g/mol. The average Bonchev–Trinajstić information content (AvgIpc) is 1.93. The lowest BCUT2D eigenvalue weighted by atomic mass is 10.1. The summed E-state index contributed by atoms with van der Waals surface area (Å²) in [6.07, 6.45) is 1.25. The molecule has 0 saturated carbocycles. The Balaban J connectivity index is 3.09. The summed E-state index contributed by atoms with van der Waals surface area (Å²) in [5.74, 6) is -5.27. The Hall–Kier alpha value is -1.32. The highest BCUT2D eigenvalue weighted by Gasteiger charge is 2.25. The predicted molar refractivity (Wildman–Crippen MR) is 28.4 cm³/mol. The van der Waals surface area contributed by atoms with E-state index in [-0.39, 0.29) is 0 Å². The summed E-state index contributed by atoms with van der Waals surface area (Å²) in [7, 11) is 0. The molecule has 4 heteroatoms. The zero-order chi connectivity index (χ0) is 7.72. The molecule has 0 radical (unpaired) electrons. The molecule has 0 aromatic rings. The van der Waals surface area contributed by atoms with E-state index in [0.29, 0.717) is 12.2 Å². The van der Waals surface area contributed by atoms with Crippen LogP contribution in [0, 0.1) is 0 Å². The van der Waals surface area contributed by atoms with Crippen molar-refractivity contribution in [3.05, 3.63) is 23.8 Å². The highest BCUT2D eigenvalue weighted by Crippen LogP contribution is 2.12. The topological polar surface area (TPSA) is 34.1 Å². The van der Waals surface area contributed by atoms with Gasteiger partial charge in [0.2, 0.25) is 0 Å². The van der Waals surface area contributed by atoms with Crippen LogP contribution in [-0.2, 0) is 9.59 Å². The Labute approximate surface area is 54.8 Å². The molecule has 0 fully saturated rings. The van der Waals surface area contributed by atoms with Gasteiger partial charge in [-0.15, -0.1) is 0 Å². The van der Waals surface area contributed by atoms with Gasteiger partial charge < -0.3 is 0 Å². The molecule has 0 saturated heterocycles. The van der Waals surface area contributed by atoms with Crippen LogP contribution in [0.3, 0.4) is 0 Å². The molecule has 0 amide bonds. The first-order valence-corrected chi connectivity index (χ1v) is 2.45. The molecule has 0 bridgehead atoms. The van der Waals surface area contributed by atoms with E-state index in [1.807, 2.05) is 0 Å². The second kappa shape index (κ2) is 2.13. The van der Waals surface area contributed by atoms with Crippen molar-refractivity contribution in [3.63, 3.8) is 0 Å². The van der Waals surface area contributed by atoms with Gasteiger partial charge in [-0.1, -0.05) is 0 Å². The van der Waals surface area contributed by atoms with Gasteiger partial charge in [-0.2, -0.15) is 0 Å². The Morgan fingerprint density at radius 2 is 1.20 bits per heavy atom. The minimum Gasteiger partial charge on any atom is -0.282 e. The van der Waals surface area contributed by atoms with Gasteiger partial charge in [0.05, 0.1) is 0 Å². The van der Waals surface area contributed by atoms with Crippen molar-refractivity contribution >= 4 is 11.6 Å². The van der Waals surface area contributed by atoms with Gasteiger partial charge >= 0.3 is 0 Å². The van der Waals surface area contributed by atoms with E-state index in [9.17, 15) is 18.4 Å². The van der Waals surface area contributed by atoms with Gasteiger partial charge in [-0.05, 0) is 12.2 Å². The lowest BCUT2D eigenvalue weighted by Crippen LogP contribution is -2.17. The fraction of sp³-hybridized carbons (Fsp3) is 0. The van der Waals surface area contributed by atoms with Crippen molar-refractivity contribution in [2.75, 3.05) is 0 Å². The van der Waals surface area contributed by atoms with Gasteiger partial charge in [-0.25, -0.2) is 8.78 Å². The molecule has 1 aliphatic carbocycles. The number of allylic oxidation sites excluding steroid dienone is 4. The van der Waals surface area contributed by atoms with Crippen LogP contribution in [0.1, 0.15) is 0 Å². The highest BCUT2D eigenvalue weighted by atomic mass is 19.1. The second-order valence-electron chi connectivity index (χ2n) is 1.69.